The maximum Gasteiger partial charge on any atom is 0.315 e. The fourth-order valence-electron chi connectivity index (χ4n) is 9.89. The summed E-state index contributed by atoms with van der Waals surface area (Å²) in [5.41, 5.74) is -1.68. The lowest BCUT2D eigenvalue weighted by molar-refractivity contribution is -0.146. The molecular weight excluding hydrogens is 683 g/mol. The van der Waals surface area contributed by atoms with Crippen molar-refractivity contribution in [1.29, 1.82) is 0 Å². The van der Waals surface area contributed by atoms with Crippen LogP contribution in [-0.2, 0) is 29.0 Å². The predicted octanol–water partition coefficient (Wildman–Crippen LogP) is 3.65. The SMILES string of the molecule is C=CCNC(=O)C(=O)C(CC1CC1)NC(=O)[C@@H]1[C@@H]2[C@H](CN1C(=O)[C@@H](NC(=O)NC1(CS(=O)(=O)C(C)(C)C)C[C@H]3C[C@H]3C1)C1(C)CCCCC1)C2(C)C. The minimum absolute atomic E-state index is 0.0744. The zero-order valence-electron chi connectivity index (χ0n) is 32.0. The Morgan fingerprint density at radius 1 is 0.962 bits per heavy atom. The molecule has 0 spiro atoms. The van der Waals surface area contributed by atoms with E-state index in [1.54, 1.807) is 25.7 Å². The number of rotatable bonds is 14. The average Bonchev–Trinajstić information content (AvgIpc) is 4.00. The van der Waals surface area contributed by atoms with Gasteiger partial charge in [0, 0.05) is 13.1 Å². The lowest BCUT2D eigenvalue weighted by Gasteiger charge is -2.44. The second-order valence-electron chi connectivity index (χ2n) is 19.1. The number of piperidine rings is 1. The van der Waals surface area contributed by atoms with Gasteiger partial charge in [0.1, 0.15) is 12.1 Å². The lowest BCUT2D eigenvalue weighted by Crippen LogP contribution is -2.64. The van der Waals surface area contributed by atoms with Gasteiger partial charge in [-0.3, -0.25) is 19.2 Å². The van der Waals surface area contributed by atoms with Crippen molar-refractivity contribution in [2.24, 2.45) is 40.4 Å². The standard InChI is InChI=1S/C39H61N5O7S/c1-8-16-40-33(47)30(45)27(17-23-12-13-23)41-32(46)29-28-26(37(28,5)6)21-44(29)34(48)31(38(7)14-10-9-11-15-38)42-35(49)43-39(19-24-18-25(24)20-39)22-52(50,51)36(2,3)4/h8,23-29,31H,1,9-22H2,2-7H3,(H,40,47)(H,41,46)(H2,42,43,49)/t24-,25+,26-,27?,28-,29-,31+,39?/m0/s1. The van der Waals surface area contributed by atoms with E-state index >= 15 is 0 Å². The fraction of sp³-hybridized carbons (Fsp3) is 0.821. The number of Topliss-reactive ketones (excluding diaryl/α,β-unsaturated/α-hetero) is 1. The van der Waals surface area contributed by atoms with Crippen LogP contribution in [0.15, 0.2) is 12.7 Å². The molecular formula is C39H61N5O7S. The molecule has 6 rings (SSSR count). The van der Waals surface area contributed by atoms with Crippen molar-refractivity contribution in [2.75, 3.05) is 18.8 Å². The van der Waals surface area contributed by atoms with E-state index in [0.29, 0.717) is 37.6 Å². The zero-order valence-corrected chi connectivity index (χ0v) is 32.8. The van der Waals surface area contributed by atoms with Gasteiger partial charge in [-0.05, 0) is 99.7 Å². The summed E-state index contributed by atoms with van der Waals surface area (Å²) in [7, 11) is -3.55. The number of carbonyl (C=O) groups is 5. The maximum atomic E-state index is 14.9. The molecule has 52 heavy (non-hydrogen) atoms. The molecule has 2 unspecified atom stereocenters. The van der Waals surface area contributed by atoms with E-state index in [0.717, 1.165) is 51.4 Å². The van der Waals surface area contributed by atoms with Gasteiger partial charge in [-0.15, -0.1) is 6.58 Å². The van der Waals surface area contributed by atoms with Gasteiger partial charge >= 0.3 is 6.03 Å². The first-order valence-electron chi connectivity index (χ1n) is 19.6. The van der Waals surface area contributed by atoms with Crippen molar-refractivity contribution in [2.45, 2.75) is 141 Å². The minimum atomic E-state index is -3.55. The first-order chi connectivity index (χ1) is 24.2. The van der Waals surface area contributed by atoms with Crippen molar-refractivity contribution < 1.29 is 32.4 Å². The number of sulfone groups is 1. The predicted molar refractivity (Wildman–Crippen MR) is 197 cm³/mol. The van der Waals surface area contributed by atoms with Crippen LogP contribution in [0.5, 0.6) is 0 Å². The van der Waals surface area contributed by atoms with Crippen LogP contribution in [0, 0.1) is 40.4 Å². The first kappa shape index (κ1) is 38.8. The molecule has 6 fully saturated rings. The Morgan fingerprint density at radius 2 is 1.60 bits per heavy atom. The molecule has 5 amide bonds. The molecule has 12 nitrogen and oxygen atoms in total. The Morgan fingerprint density at radius 3 is 2.17 bits per heavy atom. The average molecular weight is 744 g/mol. The van der Waals surface area contributed by atoms with Crippen molar-refractivity contribution in [3.8, 4) is 0 Å². The molecule has 13 heteroatoms. The molecule has 6 aliphatic rings. The highest BCUT2D eigenvalue weighted by Gasteiger charge is 2.70. The second-order valence-corrected chi connectivity index (χ2v) is 21.8. The Balaban J connectivity index is 1.24. The van der Waals surface area contributed by atoms with E-state index in [2.05, 4.69) is 41.7 Å². The van der Waals surface area contributed by atoms with E-state index in [9.17, 15) is 32.4 Å². The Bertz CT molecular complexity index is 1580. The molecule has 1 saturated heterocycles. The topological polar surface area (TPSA) is 171 Å². The molecule has 0 radical (unpaired) electrons. The molecule has 4 N–H and O–H groups in total. The normalized spacial score (nSPS) is 32.3. The number of ketones is 1. The number of amides is 5. The van der Waals surface area contributed by atoms with Gasteiger partial charge in [0.15, 0.2) is 9.84 Å². The number of urea groups is 1. The Kier molecular flexibility index (Phi) is 10.2. The zero-order chi connectivity index (χ0) is 38.0. The molecule has 290 valence electrons. The summed E-state index contributed by atoms with van der Waals surface area (Å²) in [5.74, 6) is -1.43. The molecule has 1 aliphatic heterocycles. The van der Waals surface area contributed by atoms with Gasteiger partial charge in [-0.25, -0.2) is 13.2 Å². The number of carbonyl (C=O) groups excluding carboxylic acids is 5. The summed E-state index contributed by atoms with van der Waals surface area (Å²) in [6, 6.07) is -3.36. The lowest BCUT2D eigenvalue weighted by atomic mass is 9.70. The molecule has 5 saturated carbocycles. The quantitative estimate of drug-likeness (QED) is 0.156. The van der Waals surface area contributed by atoms with Crippen LogP contribution in [0.25, 0.3) is 0 Å². The largest absolute Gasteiger partial charge is 0.346 e. The number of fused-ring (bicyclic) bond motifs is 2. The summed E-state index contributed by atoms with van der Waals surface area (Å²) >= 11 is 0. The summed E-state index contributed by atoms with van der Waals surface area (Å²) in [6.45, 7) is 15.3. The van der Waals surface area contributed by atoms with E-state index < -0.39 is 67.3 Å². The van der Waals surface area contributed by atoms with Crippen LogP contribution >= 0.6 is 0 Å². The third-order valence-corrected chi connectivity index (χ3v) is 16.5. The highest BCUT2D eigenvalue weighted by Crippen LogP contribution is 2.65. The van der Waals surface area contributed by atoms with Gasteiger partial charge in [-0.2, -0.15) is 0 Å². The van der Waals surface area contributed by atoms with Crippen molar-refractivity contribution in [3.05, 3.63) is 12.7 Å². The molecule has 5 aliphatic carbocycles. The number of nitrogens with zero attached hydrogens (tertiary/aromatic N) is 1. The van der Waals surface area contributed by atoms with Crippen molar-refractivity contribution >= 4 is 39.4 Å². The second kappa shape index (κ2) is 13.7. The van der Waals surface area contributed by atoms with Crippen LogP contribution in [0.3, 0.4) is 0 Å². The number of nitrogens with one attached hydrogen (secondary N) is 4. The highest BCUT2D eigenvalue weighted by atomic mass is 32.2. The van der Waals surface area contributed by atoms with Crippen LogP contribution in [-0.4, -0.2) is 90.1 Å². The van der Waals surface area contributed by atoms with E-state index in [-0.39, 0.29) is 41.4 Å². The first-order valence-corrected chi connectivity index (χ1v) is 21.2. The van der Waals surface area contributed by atoms with E-state index in [4.69, 9.17) is 0 Å². The van der Waals surface area contributed by atoms with Crippen molar-refractivity contribution in [1.82, 2.24) is 26.2 Å². The van der Waals surface area contributed by atoms with Gasteiger partial charge in [0.25, 0.3) is 5.91 Å². The highest BCUT2D eigenvalue weighted by molar-refractivity contribution is 7.92. The molecule has 8 atom stereocenters. The number of hydrogen-bond donors (Lipinski definition) is 4. The van der Waals surface area contributed by atoms with Crippen molar-refractivity contribution in [3.63, 3.8) is 0 Å². The van der Waals surface area contributed by atoms with Crippen LogP contribution in [0.4, 0.5) is 4.79 Å². The third-order valence-electron chi connectivity index (χ3n) is 13.7. The summed E-state index contributed by atoms with van der Waals surface area (Å²) in [5, 5.41) is 11.6. The number of hydrogen-bond acceptors (Lipinski definition) is 7. The Labute approximate surface area is 309 Å². The molecule has 1 heterocycles. The number of likely N-dealkylation sites (tertiary alicyclic amines) is 1. The summed E-state index contributed by atoms with van der Waals surface area (Å²) in [6.07, 6.45) is 10.2. The van der Waals surface area contributed by atoms with Gasteiger partial charge in [-0.1, -0.05) is 59.0 Å². The van der Waals surface area contributed by atoms with Crippen LogP contribution < -0.4 is 21.3 Å². The fourth-order valence-corrected chi connectivity index (χ4v) is 11.4. The molecule has 0 aromatic heterocycles. The molecule has 0 bridgehead atoms. The van der Waals surface area contributed by atoms with E-state index in [1.807, 2.05) is 6.92 Å². The van der Waals surface area contributed by atoms with Gasteiger partial charge < -0.3 is 26.2 Å². The van der Waals surface area contributed by atoms with Crippen LogP contribution in [0.2, 0.25) is 0 Å². The molecule has 0 aromatic carbocycles. The Hall–Kier alpha value is -2.96. The van der Waals surface area contributed by atoms with Crippen LogP contribution in [0.1, 0.15) is 112 Å². The van der Waals surface area contributed by atoms with Gasteiger partial charge in [0.2, 0.25) is 17.6 Å². The van der Waals surface area contributed by atoms with E-state index in [1.165, 1.54) is 6.08 Å². The smallest absolute Gasteiger partial charge is 0.315 e. The molecule has 0 aromatic rings. The summed E-state index contributed by atoms with van der Waals surface area (Å²) < 4.78 is 25.9. The van der Waals surface area contributed by atoms with Gasteiger partial charge in [0.05, 0.1) is 22.1 Å². The monoisotopic (exact) mass is 743 g/mol. The minimum Gasteiger partial charge on any atom is -0.346 e. The maximum absolute atomic E-state index is 14.9. The summed E-state index contributed by atoms with van der Waals surface area (Å²) in [4.78, 5) is 70.9. The third kappa shape index (κ3) is 7.67.